The summed E-state index contributed by atoms with van der Waals surface area (Å²) in [5, 5.41) is 0. The number of aromatic nitrogens is 1. The van der Waals surface area contributed by atoms with Gasteiger partial charge >= 0.3 is 6.18 Å². The van der Waals surface area contributed by atoms with Crippen LogP contribution in [0, 0.1) is 5.82 Å². The van der Waals surface area contributed by atoms with E-state index in [4.69, 9.17) is 4.74 Å². The third-order valence-corrected chi connectivity index (χ3v) is 5.09. The van der Waals surface area contributed by atoms with Gasteiger partial charge in [-0.15, -0.1) is 0 Å². The second kappa shape index (κ2) is 8.11. The maximum atomic E-state index is 13.0. The van der Waals surface area contributed by atoms with E-state index in [1.165, 1.54) is 24.4 Å². The van der Waals surface area contributed by atoms with Gasteiger partial charge in [0.05, 0.1) is 10.5 Å². The molecule has 0 aliphatic rings. The number of benzene rings is 2. The van der Waals surface area contributed by atoms with Crippen molar-refractivity contribution in [1.82, 2.24) is 9.71 Å². The van der Waals surface area contributed by atoms with Crippen molar-refractivity contribution in [3.05, 3.63) is 83.8 Å². The summed E-state index contributed by atoms with van der Waals surface area (Å²) in [6, 6.07) is 10.1. The average molecular weight is 440 g/mol. The Morgan fingerprint density at radius 3 is 2.37 bits per heavy atom. The lowest BCUT2D eigenvalue weighted by molar-refractivity contribution is -0.137. The van der Waals surface area contributed by atoms with E-state index >= 15 is 0 Å². The molecule has 0 fully saturated rings. The van der Waals surface area contributed by atoms with E-state index in [9.17, 15) is 30.8 Å². The Kier molecular flexibility index (Phi) is 5.74. The van der Waals surface area contributed by atoms with E-state index in [1.54, 1.807) is 4.72 Å². The van der Waals surface area contributed by atoms with Crippen LogP contribution in [0.15, 0.2) is 71.8 Å². The number of hydrogen-bond acceptors (Lipinski definition) is 5. The van der Waals surface area contributed by atoms with E-state index in [0.29, 0.717) is 6.07 Å². The standard InChI is InChI=1S/C19H12F4N2O4S/c20-13-6-8-15(9-7-13)30(27,28)25-17(26)16-5-2-10-24-18(16)29-14-4-1-3-12(11-14)19(21,22)23/h1-11H,(H,25,26). The van der Waals surface area contributed by atoms with Crippen LogP contribution in [0.1, 0.15) is 15.9 Å². The van der Waals surface area contributed by atoms with Crippen LogP contribution in [-0.4, -0.2) is 19.3 Å². The third kappa shape index (κ3) is 4.92. The Balaban J connectivity index is 1.86. The number of hydrogen-bond donors (Lipinski definition) is 1. The monoisotopic (exact) mass is 440 g/mol. The molecule has 3 rings (SSSR count). The predicted octanol–water partition coefficient (Wildman–Crippen LogP) is 4.15. The Morgan fingerprint density at radius 1 is 1.00 bits per heavy atom. The molecule has 0 atom stereocenters. The summed E-state index contributed by atoms with van der Waals surface area (Å²) in [7, 11) is -4.34. The molecule has 30 heavy (non-hydrogen) atoms. The highest BCUT2D eigenvalue weighted by atomic mass is 32.2. The van der Waals surface area contributed by atoms with Crippen molar-refractivity contribution in [1.29, 1.82) is 0 Å². The van der Waals surface area contributed by atoms with E-state index < -0.39 is 39.4 Å². The zero-order valence-electron chi connectivity index (χ0n) is 14.9. The number of pyridine rings is 1. The summed E-state index contributed by atoms with van der Waals surface area (Å²) >= 11 is 0. The minimum atomic E-state index is -4.60. The normalized spacial score (nSPS) is 11.7. The Hall–Kier alpha value is -3.47. The highest BCUT2D eigenvalue weighted by Crippen LogP contribution is 2.33. The quantitative estimate of drug-likeness (QED) is 0.603. The molecule has 156 valence electrons. The molecule has 1 amide bonds. The molecule has 0 bridgehead atoms. The molecule has 0 aliphatic carbocycles. The van der Waals surface area contributed by atoms with Crippen LogP contribution in [0.2, 0.25) is 0 Å². The Labute approximate surface area is 168 Å². The molecule has 0 saturated heterocycles. The second-order valence-electron chi connectivity index (χ2n) is 5.87. The molecule has 0 saturated carbocycles. The fourth-order valence-corrected chi connectivity index (χ4v) is 3.31. The van der Waals surface area contributed by atoms with Crippen molar-refractivity contribution >= 4 is 15.9 Å². The highest BCUT2D eigenvalue weighted by molar-refractivity contribution is 7.90. The number of nitrogens with one attached hydrogen (secondary N) is 1. The number of carbonyl (C=O) groups excluding carboxylic acids is 1. The maximum Gasteiger partial charge on any atom is 0.416 e. The fraction of sp³-hybridized carbons (Fsp3) is 0.0526. The Morgan fingerprint density at radius 2 is 1.70 bits per heavy atom. The van der Waals surface area contributed by atoms with Gasteiger partial charge in [0.1, 0.15) is 17.1 Å². The van der Waals surface area contributed by atoms with E-state index in [2.05, 4.69) is 4.98 Å². The minimum Gasteiger partial charge on any atom is -0.438 e. The number of halogens is 4. The summed E-state index contributed by atoms with van der Waals surface area (Å²) in [5.41, 5.74) is -1.30. The maximum absolute atomic E-state index is 13.0. The molecule has 6 nitrogen and oxygen atoms in total. The van der Waals surface area contributed by atoms with E-state index in [1.807, 2.05) is 0 Å². The molecule has 0 unspecified atom stereocenters. The van der Waals surface area contributed by atoms with E-state index in [-0.39, 0.29) is 16.2 Å². The lowest BCUT2D eigenvalue weighted by atomic mass is 10.2. The first-order chi connectivity index (χ1) is 14.1. The van der Waals surface area contributed by atoms with Gasteiger partial charge in [-0.25, -0.2) is 22.5 Å². The Bertz CT molecular complexity index is 1180. The van der Waals surface area contributed by atoms with Crippen molar-refractivity contribution in [2.45, 2.75) is 11.1 Å². The van der Waals surface area contributed by atoms with Crippen LogP contribution >= 0.6 is 0 Å². The van der Waals surface area contributed by atoms with Gasteiger partial charge < -0.3 is 4.74 Å². The molecular formula is C19H12F4N2O4S. The van der Waals surface area contributed by atoms with Gasteiger partial charge in [-0.05, 0) is 54.6 Å². The first kappa shape index (κ1) is 21.2. The molecule has 1 aromatic heterocycles. The number of nitrogens with zero attached hydrogens (tertiary/aromatic N) is 1. The molecule has 1 N–H and O–H groups in total. The number of sulfonamides is 1. The van der Waals surface area contributed by atoms with Gasteiger partial charge in [0.15, 0.2) is 0 Å². The van der Waals surface area contributed by atoms with Crippen LogP contribution < -0.4 is 9.46 Å². The minimum absolute atomic E-state index is 0.251. The second-order valence-corrected chi connectivity index (χ2v) is 7.55. The van der Waals surface area contributed by atoms with Crippen molar-refractivity contribution in [2.24, 2.45) is 0 Å². The van der Waals surface area contributed by atoms with Crippen LogP contribution in [0.3, 0.4) is 0 Å². The molecule has 11 heteroatoms. The molecular weight excluding hydrogens is 428 g/mol. The lowest BCUT2D eigenvalue weighted by Gasteiger charge is -2.12. The van der Waals surface area contributed by atoms with Gasteiger partial charge in [0, 0.05) is 6.20 Å². The van der Waals surface area contributed by atoms with Crippen LogP contribution in [-0.2, 0) is 16.2 Å². The molecule has 1 heterocycles. The van der Waals surface area contributed by atoms with Crippen LogP contribution in [0.5, 0.6) is 11.6 Å². The van der Waals surface area contributed by atoms with Crippen molar-refractivity contribution in [3.63, 3.8) is 0 Å². The molecule has 0 radical (unpaired) electrons. The first-order valence-electron chi connectivity index (χ1n) is 8.19. The van der Waals surface area contributed by atoms with Crippen molar-refractivity contribution in [3.8, 4) is 11.6 Å². The number of alkyl halides is 3. The van der Waals surface area contributed by atoms with E-state index in [0.717, 1.165) is 36.4 Å². The summed E-state index contributed by atoms with van der Waals surface area (Å²) in [5.74, 6) is -2.44. The highest BCUT2D eigenvalue weighted by Gasteiger charge is 2.31. The van der Waals surface area contributed by atoms with Gasteiger partial charge in [0.25, 0.3) is 15.9 Å². The fourth-order valence-electron chi connectivity index (χ4n) is 2.34. The van der Waals surface area contributed by atoms with Gasteiger partial charge in [-0.3, -0.25) is 4.79 Å². The van der Waals surface area contributed by atoms with Crippen LogP contribution in [0.4, 0.5) is 17.6 Å². The van der Waals surface area contributed by atoms with Gasteiger partial charge in [0.2, 0.25) is 5.88 Å². The number of ether oxygens (including phenoxy) is 1. The van der Waals surface area contributed by atoms with Gasteiger partial charge in [-0.2, -0.15) is 13.2 Å². The van der Waals surface area contributed by atoms with Crippen LogP contribution in [0.25, 0.3) is 0 Å². The number of carbonyl (C=O) groups is 1. The molecule has 0 spiro atoms. The average Bonchev–Trinajstić information content (AvgIpc) is 2.68. The zero-order chi connectivity index (χ0) is 21.9. The predicted molar refractivity (Wildman–Crippen MR) is 96.8 cm³/mol. The lowest BCUT2D eigenvalue weighted by Crippen LogP contribution is -2.31. The molecule has 3 aromatic rings. The summed E-state index contributed by atoms with van der Waals surface area (Å²) < 4.78 is 83.3. The first-order valence-corrected chi connectivity index (χ1v) is 9.67. The third-order valence-electron chi connectivity index (χ3n) is 3.74. The van der Waals surface area contributed by atoms with Crippen molar-refractivity contribution in [2.75, 3.05) is 0 Å². The molecule has 2 aromatic carbocycles. The SMILES string of the molecule is O=C(NS(=O)(=O)c1ccc(F)cc1)c1cccnc1Oc1cccc(C(F)(F)F)c1. The summed E-state index contributed by atoms with van der Waals surface area (Å²) in [4.78, 5) is 15.9. The topological polar surface area (TPSA) is 85.4 Å². The number of rotatable bonds is 5. The molecule has 0 aliphatic heterocycles. The largest absolute Gasteiger partial charge is 0.438 e. The van der Waals surface area contributed by atoms with Crippen molar-refractivity contribution < 1.29 is 35.5 Å². The number of amides is 1. The van der Waals surface area contributed by atoms with Gasteiger partial charge in [-0.1, -0.05) is 6.07 Å². The summed E-state index contributed by atoms with van der Waals surface area (Å²) in [6.45, 7) is 0. The summed E-state index contributed by atoms with van der Waals surface area (Å²) in [6.07, 6.45) is -3.39. The zero-order valence-corrected chi connectivity index (χ0v) is 15.7. The smallest absolute Gasteiger partial charge is 0.416 e.